The number of hydrogen-bond donors (Lipinski definition) is 0. The lowest BCUT2D eigenvalue weighted by Crippen LogP contribution is -2.47. The van der Waals surface area contributed by atoms with Gasteiger partial charge >= 0.3 is 5.97 Å². The van der Waals surface area contributed by atoms with Gasteiger partial charge in [0.25, 0.3) is 0 Å². The lowest BCUT2D eigenvalue weighted by molar-refractivity contribution is 0.0371. The second kappa shape index (κ2) is 7.82. The molecule has 0 aliphatic carbocycles. The van der Waals surface area contributed by atoms with Crippen LogP contribution in [0.25, 0.3) is 0 Å². The van der Waals surface area contributed by atoms with Crippen molar-refractivity contribution in [2.75, 3.05) is 13.2 Å². The van der Waals surface area contributed by atoms with Gasteiger partial charge in [0.05, 0.1) is 11.7 Å². The Bertz CT molecular complexity index is 539. The molecule has 1 heterocycles. The average Bonchev–Trinajstić information content (AvgIpc) is 2.50. The Morgan fingerprint density at radius 2 is 2.09 bits per heavy atom. The fraction of sp³-hybridized carbons (Fsp3) is 0.632. The largest absolute Gasteiger partial charge is 0.492 e. The van der Waals surface area contributed by atoms with Crippen LogP contribution in [0.2, 0.25) is 0 Å². The van der Waals surface area contributed by atoms with Crippen LogP contribution in [-0.4, -0.2) is 42.2 Å². The molecule has 23 heavy (non-hydrogen) atoms. The van der Waals surface area contributed by atoms with Gasteiger partial charge in [0, 0.05) is 17.6 Å². The minimum absolute atomic E-state index is 0.120. The molecule has 2 rings (SSSR count). The van der Waals surface area contributed by atoms with E-state index < -0.39 is 0 Å². The van der Waals surface area contributed by atoms with Crippen molar-refractivity contribution in [3.05, 3.63) is 29.3 Å². The second-order valence-corrected chi connectivity index (χ2v) is 6.74. The molecule has 0 saturated carbocycles. The third kappa shape index (κ3) is 4.25. The van der Waals surface area contributed by atoms with E-state index in [4.69, 9.17) is 9.47 Å². The molecule has 1 atom stereocenters. The summed E-state index contributed by atoms with van der Waals surface area (Å²) in [6.45, 7) is 12.1. The van der Waals surface area contributed by atoms with Crippen LogP contribution in [0.4, 0.5) is 0 Å². The molecule has 0 N–H and O–H groups in total. The van der Waals surface area contributed by atoms with E-state index in [1.54, 1.807) is 0 Å². The lowest BCUT2D eigenvalue weighted by atomic mass is 9.95. The summed E-state index contributed by atoms with van der Waals surface area (Å²) in [5.74, 6) is 0.562. The fourth-order valence-electron chi connectivity index (χ4n) is 3.19. The average molecular weight is 319 g/mol. The van der Waals surface area contributed by atoms with E-state index in [9.17, 15) is 4.79 Å². The zero-order chi connectivity index (χ0) is 17.0. The molecule has 0 unspecified atom stereocenters. The Labute approximate surface area is 139 Å². The first-order valence-corrected chi connectivity index (χ1v) is 8.65. The SMILES string of the molecule is CCCN(C(C)C)[C@H]1COc2cccc(C(=O)OC(C)C)c2C1. The number of nitrogens with zero attached hydrogens (tertiary/aromatic N) is 1. The van der Waals surface area contributed by atoms with E-state index in [1.165, 1.54) is 0 Å². The molecule has 0 radical (unpaired) electrons. The molecule has 0 aromatic heterocycles. The van der Waals surface area contributed by atoms with Crippen LogP contribution in [0.3, 0.4) is 0 Å². The van der Waals surface area contributed by atoms with Crippen molar-refractivity contribution in [1.29, 1.82) is 0 Å². The summed E-state index contributed by atoms with van der Waals surface area (Å²) in [6, 6.07) is 6.41. The highest BCUT2D eigenvalue weighted by molar-refractivity contribution is 5.92. The molecule has 4 heteroatoms. The van der Waals surface area contributed by atoms with Crippen LogP contribution in [0.1, 0.15) is 57.0 Å². The van der Waals surface area contributed by atoms with Crippen molar-refractivity contribution < 1.29 is 14.3 Å². The molecule has 0 saturated heterocycles. The van der Waals surface area contributed by atoms with Gasteiger partial charge in [-0.2, -0.15) is 0 Å². The Hall–Kier alpha value is -1.55. The van der Waals surface area contributed by atoms with Gasteiger partial charge < -0.3 is 9.47 Å². The number of hydrogen-bond acceptors (Lipinski definition) is 4. The van der Waals surface area contributed by atoms with Crippen molar-refractivity contribution in [3.63, 3.8) is 0 Å². The summed E-state index contributed by atoms with van der Waals surface area (Å²) >= 11 is 0. The smallest absolute Gasteiger partial charge is 0.338 e. The van der Waals surface area contributed by atoms with Gasteiger partial charge in [-0.05, 0) is 59.2 Å². The molecule has 0 spiro atoms. The third-order valence-corrected chi connectivity index (χ3v) is 4.18. The summed E-state index contributed by atoms with van der Waals surface area (Å²) in [4.78, 5) is 14.8. The Balaban J connectivity index is 2.26. The van der Waals surface area contributed by atoms with Crippen molar-refractivity contribution in [3.8, 4) is 5.75 Å². The molecule has 1 aromatic carbocycles. The van der Waals surface area contributed by atoms with Crippen LogP contribution in [0.5, 0.6) is 5.75 Å². The fourth-order valence-corrected chi connectivity index (χ4v) is 3.19. The third-order valence-electron chi connectivity index (χ3n) is 4.18. The van der Waals surface area contributed by atoms with Gasteiger partial charge in [0.15, 0.2) is 0 Å². The first-order valence-electron chi connectivity index (χ1n) is 8.65. The number of carbonyl (C=O) groups excluding carboxylic acids is 1. The first-order chi connectivity index (χ1) is 10.9. The van der Waals surface area contributed by atoms with Crippen molar-refractivity contribution in [2.45, 2.75) is 65.6 Å². The van der Waals surface area contributed by atoms with E-state index in [1.807, 2.05) is 32.0 Å². The predicted octanol–water partition coefficient (Wildman–Crippen LogP) is 3.68. The second-order valence-electron chi connectivity index (χ2n) is 6.74. The number of rotatable bonds is 6. The van der Waals surface area contributed by atoms with E-state index in [-0.39, 0.29) is 12.1 Å². The van der Waals surface area contributed by atoms with Crippen LogP contribution in [0.15, 0.2) is 18.2 Å². The Morgan fingerprint density at radius 3 is 2.70 bits per heavy atom. The van der Waals surface area contributed by atoms with Gasteiger partial charge in [-0.1, -0.05) is 13.0 Å². The van der Waals surface area contributed by atoms with Gasteiger partial charge in [-0.15, -0.1) is 0 Å². The van der Waals surface area contributed by atoms with Gasteiger partial charge in [0.1, 0.15) is 12.4 Å². The highest BCUT2D eigenvalue weighted by atomic mass is 16.5. The Kier molecular flexibility index (Phi) is 6.05. The van der Waals surface area contributed by atoms with E-state index in [2.05, 4.69) is 25.7 Å². The standard InChI is InChI=1S/C19H29NO3/c1-6-10-20(13(2)3)15-11-17-16(19(21)23-14(4)5)8-7-9-18(17)22-12-15/h7-9,13-15H,6,10-12H2,1-5H3/t15-/m1/s1. The molecular weight excluding hydrogens is 290 g/mol. The highest BCUT2D eigenvalue weighted by Crippen LogP contribution is 2.30. The van der Waals surface area contributed by atoms with Crippen molar-refractivity contribution in [2.24, 2.45) is 0 Å². The quantitative estimate of drug-likeness (QED) is 0.750. The van der Waals surface area contributed by atoms with Crippen LogP contribution in [-0.2, 0) is 11.2 Å². The van der Waals surface area contributed by atoms with Gasteiger partial charge in [0.2, 0.25) is 0 Å². The summed E-state index contributed by atoms with van der Waals surface area (Å²) in [5, 5.41) is 0. The summed E-state index contributed by atoms with van der Waals surface area (Å²) in [7, 11) is 0. The van der Waals surface area contributed by atoms with E-state index in [0.717, 1.165) is 30.7 Å². The monoisotopic (exact) mass is 319 g/mol. The van der Waals surface area contributed by atoms with Crippen molar-refractivity contribution in [1.82, 2.24) is 4.90 Å². The number of carbonyl (C=O) groups is 1. The predicted molar refractivity (Wildman–Crippen MR) is 92.1 cm³/mol. The van der Waals surface area contributed by atoms with Crippen LogP contribution in [0, 0.1) is 0 Å². The van der Waals surface area contributed by atoms with E-state index >= 15 is 0 Å². The van der Waals surface area contributed by atoms with Gasteiger partial charge in [-0.25, -0.2) is 4.79 Å². The molecule has 1 aromatic rings. The first kappa shape index (κ1) is 17.8. The molecule has 0 fully saturated rings. The molecule has 4 nitrogen and oxygen atoms in total. The van der Waals surface area contributed by atoms with Gasteiger partial charge in [-0.3, -0.25) is 4.90 Å². The maximum atomic E-state index is 12.4. The number of fused-ring (bicyclic) bond motifs is 1. The lowest BCUT2D eigenvalue weighted by Gasteiger charge is -2.38. The zero-order valence-electron chi connectivity index (χ0n) is 15.0. The maximum absolute atomic E-state index is 12.4. The zero-order valence-corrected chi connectivity index (χ0v) is 15.0. The highest BCUT2D eigenvalue weighted by Gasteiger charge is 2.30. The van der Waals surface area contributed by atoms with Crippen molar-refractivity contribution >= 4 is 5.97 Å². The normalized spacial score (nSPS) is 17.3. The summed E-state index contributed by atoms with van der Waals surface area (Å²) < 4.78 is 11.3. The van der Waals surface area contributed by atoms with E-state index in [0.29, 0.717) is 24.3 Å². The number of benzene rings is 1. The molecular formula is C19H29NO3. The molecule has 1 aliphatic heterocycles. The topological polar surface area (TPSA) is 38.8 Å². The molecule has 0 bridgehead atoms. The molecule has 1 aliphatic rings. The summed E-state index contributed by atoms with van der Waals surface area (Å²) in [6.07, 6.45) is 1.82. The molecule has 128 valence electrons. The number of ether oxygens (including phenoxy) is 2. The van der Waals surface area contributed by atoms with Crippen LogP contribution >= 0.6 is 0 Å². The summed E-state index contributed by atoms with van der Waals surface area (Å²) in [5.41, 5.74) is 1.62. The maximum Gasteiger partial charge on any atom is 0.338 e. The minimum atomic E-state index is -0.257. The Morgan fingerprint density at radius 1 is 1.35 bits per heavy atom. The minimum Gasteiger partial charge on any atom is -0.492 e. The number of esters is 1. The molecule has 0 amide bonds. The van der Waals surface area contributed by atoms with Crippen LogP contribution < -0.4 is 4.74 Å².